The van der Waals surface area contributed by atoms with Crippen LogP contribution in [0.25, 0.3) is 11.1 Å². The monoisotopic (exact) mass is 177 g/mol. The number of hydrogen-bond acceptors (Lipinski definition) is 4. The van der Waals surface area contributed by atoms with Crippen LogP contribution in [0.1, 0.15) is 5.56 Å². The normalized spacial score (nSPS) is 12.2. The van der Waals surface area contributed by atoms with Crippen LogP contribution in [-0.4, -0.2) is 16.0 Å². The molecule has 13 heavy (non-hydrogen) atoms. The Balaban J connectivity index is 2.75. The number of nitrogens with two attached hydrogens (primary N) is 1. The van der Waals surface area contributed by atoms with Crippen LogP contribution in [-0.2, 0) is 0 Å². The Kier molecular flexibility index (Phi) is 1.63. The molecule has 5 heteroatoms. The fourth-order valence-corrected chi connectivity index (χ4v) is 1.14. The van der Waals surface area contributed by atoms with E-state index < -0.39 is 0 Å². The van der Waals surface area contributed by atoms with Crippen molar-refractivity contribution in [3.05, 3.63) is 30.2 Å². The molecule has 0 bridgehead atoms. The predicted molar refractivity (Wildman–Crippen MR) is 46.5 cm³/mol. The first-order valence-corrected chi connectivity index (χ1v) is 3.63. The zero-order valence-corrected chi connectivity index (χ0v) is 6.64. The average molecular weight is 177 g/mol. The van der Waals surface area contributed by atoms with Crippen LogP contribution in [0, 0.1) is 0 Å². The van der Waals surface area contributed by atoms with Crippen molar-refractivity contribution in [2.45, 2.75) is 0 Å². The van der Waals surface area contributed by atoms with E-state index in [9.17, 15) is 0 Å². The number of oxazole rings is 1. The van der Waals surface area contributed by atoms with Crippen molar-refractivity contribution in [1.82, 2.24) is 4.98 Å². The summed E-state index contributed by atoms with van der Waals surface area (Å²) in [5, 5.41) is 11.4. The minimum absolute atomic E-state index is 0.0161. The number of fused-ring (bicyclic) bond motifs is 1. The molecular formula is C8H7N3O2. The Morgan fingerprint density at radius 3 is 3.15 bits per heavy atom. The van der Waals surface area contributed by atoms with Crippen LogP contribution in [0.3, 0.4) is 0 Å². The molecule has 0 amide bonds. The Labute approximate surface area is 73.5 Å². The van der Waals surface area contributed by atoms with Crippen molar-refractivity contribution in [1.29, 1.82) is 0 Å². The van der Waals surface area contributed by atoms with Crippen molar-refractivity contribution < 1.29 is 9.62 Å². The van der Waals surface area contributed by atoms with Gasteiger partial charge < -0.3 is 15.4 Å². The number of aromatic nitrogens is 1. The van der Waals surface area contributed by atoms with Gasteiger partial charge in [-0.2, -0.15) is 0 Å². The maximum absolute atomic E-state index is 8.49. The molecule has 1 heterocycles. The van der Waals surface area contributed by atoms with Gasteiger partial charge in [0.2, 0.25) is 0 Å². The topological polar surface area (TPSA) is 84.6 Å². The molecule has 0 unspecified atom stereocenters. The molecule has 3 N–H and O–H groups in total. The van der Waals surface area contributed by atoms with Crippen molar-refractivity contribution >= 4 is 16.9 Å². The fourth-order valence-electron chi connectivity index (χ4n) is 1.14. The summed E-state index contributed by atoms with van der Waals surface area (Å²) in [6.07, 6.45) is 1.32. The van der Waals surface area contributed by atoms with Gasteiger partial charge in [0.15, 0.2) is 17.8 Å². The molecule has 0 saturated carbocycles. The maximum atomic E-state index is 8.49. The van der Waals surface area contributed by atoms with Gasteiger partial charge in [0.05, 0.1) is 5.56 Å². The highest BCUT2D eigenvalue weighted by Crippen LogP contribution is 2.16. The lowest BCUT2D eigenvalue weighted by Crippen LogP contribution is -2.13. The SMILES string of the molecule is N/C(=N/O)c1cccc2ncoc12. The van der Waals surface area contributed by atoms with Crippen molar-refractivity contribution in [3.63, 3.8) is 0 Å². The van der Waals surface area contributed by atoms with E-state index in [4.69, 9.17) is 15.4 Å². The Hall–Kier alpha value is -2.04. The van der Waals surface area contributed by atoms with E-state index in [1.54, 1.807) is 18.2 Å². The molecule has 0 aliphatic heterocycles. The lowest BCUT2D eigenvalue weighted by Gasteiger charge is -1.97. The van der Waals surface area contributed by atoms with Gasteiger partial charge in [-0.15, -0.1) is 0 Å². The number of amidine groups is 1. The van der Waals surface area contributed by atoms with Crippen LogP contribution in [0.15, 0.2) is 34.2 Å². The van der Waals surface area contributed by atoms with E-state index in [1.807, 2.05) is 0 Å². The van der Waals surface area contributed by atoms with E-state index in [0.29, 0.717) is 16.7 Å². The smallest absolute Gasteiger partial charge is 0.182 e. The first-order valence-electron chi connectivity index (χ1n) is 3.63. The molecule has 2 rings (SSSR count). The predicted octanol–water partition coefficient (Wildman–Crippen LogP) is 0.922. The molecule has 66 valence electrons. The third-order valence-electron chi connectivity index (χ3n) is 1.74. The van der Waals surface area contributed by atoms with E-state index in [-0.39, 0.29) is 5.84 Å². The molecule has 0 aliphatic rings. The van der Waals surface area contributed by atoms with Crippen LogP contribution in [0.5, 0.6) is 0 Å². The highest BCUT2D eigenvalue weighted by atomic mass is 16.4. The molecule has 0 radical (unpaired) electrons. The lowest BCUT2D eigenvalue weighted by molar-refractivity contribution is 0.318. The maximum Gasteiger partial charge on any atom is 0.182 e. The second kappa shape index (κ2) is 2.78. The van der Waals surface area contributed by atoms with Crippen molar-refractivity contribution in [2.24, 2.45) is 10.9 Å². The summed E-state index contributed by atoms with van der Waals surface area (Å²) in [5.41, 5.74) is 7.18. The number of nitrogens with zero attached hydrogens (tertiary/aromatic N) is 2. The largest absolute Gasteiger partial charge is 0.443 e. The summed E-state index contributed by atoms with van der Waals surface area (Å²) >= 11 is 0. The number of hydrogen-bond donors (Lipinski definition) is 2. The minimum Gasteiger partial charge on any atom is -0.443 e. The number of oxime groups is 1. The molecule has 0 saturated heterocycles. The lowest BCUT2D eigenvalue weighted by atomic mass is 10.2. The van der Waals surface area contributed by atoms with Gasteiger partial charge in [-0.3, -0.25) is 0 Å². The Morgan fingerprint density at radius 2 is 2.38 bits per heavy atom. The number of benzene rings is 1. The Morgan fingerprint density at radius 1 is 1.54 bits per heavy atom. The van der Waals surface area contributed by atoms with Crippen LogP contribution in [0.2, 0.25) is 0 Å². The molecule has 1 aromatic heterocycles. The second-order valence-electron chi connectivity index (χ2n) is 2.49. The van der Waals surface area contributed by atoms with Gasteiger partial charge in [0.1, 0.15) is 5.52 Å². The first kappa shape index (κ1) is 7.60. The third-order valence-corrected chi connectivity index (χ3v) is 1.74. The van der Waals surface area contributed by atoms with Gasteiger partial charge in [-0.25, -0.2) is 4.98 Å². The summed E-state index contributed by atoms with van der Waals surface area (Å²) in [4.78, 5) is 3.94. The molecule has 0 fully saturated rings. The molecule has 0 aliphatic carbocycles. The molecule has 1 aromatic carbocycles. The number of rotatable bonds is 1. The van der Waals surface area contributed by atoms with Gasteiger partial charge >= 0.3 is 0 Å². The number of para-hydroxylation sites is 1. The van der Waals surface area contributed by atoms with Crippen molar-refractivity contribution in [2.75, 3.05) is 0 Å². The zero-order valence-electron chi connectivity index (χ0n) is 6.64. The van der Waals surface area contributed by atoms with Crippen LogP contribution >= 0.6 is 0 Å². The summed E-state index contributed by atoms with van der Waals surface area (Å²) in [6.45, 7) is 0. The highest BCUT2D eigenvalue weighted by Gasteiger charge is 2.07. The summed E-state index contributed by atoms with van der Waals surface area (Å²) in [5.74, 6) is 0.0161. The highest BCUT2D eigenvalue weighted by molar-refractivity contribution is 6.05. The standard InChI is InChI=1S/C8H7N3O2/c9-8(11-12)5-2-1-3-6-7(5)13-4-10-6/h1-4,12H,(H2,9,11). The molecule has 0 spiro atoms. The van der Waals surface area contributed by atoms with Crippen molar-refractivity contribution in [3.8, 4) is 0 Å². The molecule has 2 aromatic rings. The van der Waals surface area contributed by atoms with E-state index >= 15 is 0 Å². The van der Waals surface area contributed by atoms with Gasteiger partial charge in [0.25, 0.3) is 0 Å². The van der Waals surface area contributed by atoms with Gasteiger partial charge in [0, 0.05) is 0 Å². The van der Waals surface area contributed by atoms with Crippen LogP contribution < -0.4 is 5.73 Å². The fraction of sp³-hybridized carbons (Fsp3) is 0. The van der Waals surface area contributed by atoms with Gasteiger partial charge in [-0.05, 0) is 12.1 Å². The van der Waals surface area contributed by atoms with E-state index in [2.05, 4.69) is 10.1 Å². The van der Waals surface area contributed by atoms with E-state index in [0.717, 1.165) is 0 Å². The minimum atomic E-state index is 0.0161. The van der Waals surface area contributed by atoms with Gasteiger partial charge in [-0.1, -0.05) is 11.2 Å². The Bertz CT molecular complexity index is 461. The molecule has 5 nitrogen and oxygen atoms in total. The zero-order chi connectivity index (χ0) is 9.26. The molecule has 0 atom stereocenters. The van der Waals surface area contributed by atoms with E-state index in [1.165, 1.54) is 6.39 Å². The summed E-state index contributed by atoms with van der Waals surface area (Å²) in [6, 6.07) is 5.24. The first-order chi connectivity index (χ1) is 6.33. The second-order valence-corrected chi connectivity index (χ2v) is 2.49. The van der Waals surface area contributed by atoms with Crippen LogP contribution in [0.4, 0.5) is 0 Å². The average Bonchev–Trinajstić information content (AvgIpc) is 2.63. The molecular weight excluding hydrogens is 170 g/mol. The quantitative estimate of drug-likeness (QED) is 0.293. The summed E-state index contributed by atoms with van der Waals surface area (Å²) < 4.78 is 5.09. The third kappa shape index (κ3) is 1.10. The summed E-state index contributed by atoms with van der Waals surface area (Å²) in [7, 11) is 0.